The molecule has 1 aromatic rings. The first-order valence-corrected chi connectivity index (χ1v) is 10.1. The molecule has 0 amide bonds. The number of hydrogen-bond donors (Lipinski definition) is 0. The first kappa shape index (κ1) is 17.4. The van der Waals surface area contributed by atoms with E-state index in [4.69, 9.17) is 0 Å². The summed E-state index contributed by atoms with van der Waals surface area (Å²) >= 11 is 0. The smallest absolute Gasteiger partial charge is 0.207 e. The van der Waals surface area contributed by atoms with E-state index in [0.717, 1.165) is 23.6 Å². The van der Waals surface area contributed by atoms with Gasteiger partial charge in [-0.05, 0) is 44.0 Å². The standard InChI is InChI=1S/C14H22N2O4S2/c1-12-6-4-5-11-16(12)22(19,20)14-9-7-13(8-10-14)21(17,18)15(2)3/h7-10,12H,4-6,11H2,1-3H3/t12-/m1/s1. The van der Waals surface area contributed by atoms with Gasteiger partial charge in [-0.25, -0.2) is 21.1 Å². The molecule has 0 spiro atoms. The van der Waals surface area contributed by atoms with E-state index in [1.165, 1.54) is 42.7 Å². The van der Waals surface area contributed by atoms with Crippen molar-refractivity contribution in [2.24, 2.45) is 0 Å². The van der Waals surface area contributed by atoms with Gasteiger partial charge in [-0.15, -0.1) is 0 Å². The fourth-order valence-corrected chi connectivity index (χ4v) is 5.16. The van der Waals surface area contributed by atoms with Crippen molar-refractivity contribution in [2.75, 3.05) is 20.6 Å². The van der Waals surface area contributed by atoms with Gasteiger partial charge in [0.25, 0.3) is 0 Å². The second kappa shape index (κ2) is 6.27. The predicted molar refractivity (Wildman–Crippen MR) is 84.5 cm³/mol. The van der Waals surface area contributed by atoms with Gasteiger partial charge in [0.2, 0.25) is 20.0 Å². The van der Waals surface area contributed by atoms with Crippen LogP contribution in [0.3, 0.4) is 0 Å². The summed E-state index contributed by atoms with van der Waals surface area (Å²) in [4.78, 5) is 0.224. The molecular weight excluding hydrogens is 324 g/mol. The van der Waals surface area contributed by atoms with Crippen LogP contribution in [0.1, 0.15) is 26.2 Å². The Kier molecular flexibility index (Phi) is 4.96. The van der Waals surface area contributed by atoms with Crippen LogP contribution in [0.4, 0.5) is 0 Å². The highest BCUT2D eigenvalue weighted by Gasteiger charge is 2.31. The number of sulfonamides is 2. The molecule has 0 aliphatic carbocycles. The topological polar surface area (TPSA) is 74.8 Å². The van der Waals surface area contributed by atoms with Gasteiger partial charge in [0.05, 0.1) is 9.79 Å². The lowest BCUT2D eigenvalue weighted by Crippen LogP contribution is -2.41. The van der Waals surface area contributed by atoms with Crippen LogP contribution in [0.5, 0.6) is 0 Å². The van der Waals surface area contributed by atoms with E-state index in [-0.39, 0.29) is 15.8 Å². The first-order valence-electron chi connectivity index (χ1n) is 7.22. The Bertz CT molecular complexity index is 725. The third-order valence-electron chi connectivity index (χ3n) is 3.95. The molecule has 0 bridgehead atoms. The number of hydrogen-bond acceptors (Lipinski definition) is 4. The van der Waals surface area contributed by atoms with Crippen LogP contribution in [0, 0.1) is 0 Å². The SMILES string of the molecule is C[C@@H]1CCCCN1S(=O)(=O)c1ccc(S(=O)(=O)N(C)C)cc1. The van der Waals surface area contributed by atoms with E-state index in [1.807, 2.05) is 6.92 Å². The summed E-state index contributed by atoms with van der Waals surface area (Å²) in [5.41, 5.74) is 0. The van der Waals surface area contributed by atoms with Crippen molar-refractivity contribution < 1.29 is 16.8 Å². The Hall–Kier alpha value is -0.960. The summed E-state index contributed by atoms with van der Waals surface area (Å²) in [7, 11) is -4.24. The summed E-state index contributed by atoms with van der Waals surface area (Å²) in [6, 6.07) is 5.40. The molecule has 1 aromatic carbocycles. The molecular formula is C14H22N2O4S2. The molecule has 2 rings (SSSR count). The first-order chi connectivity index (χ1) is 10.2. The van der Waals surface area contributed by atoms with Gasteiger partial charge in [0, 0.05) is 26.7 Å². The van der Waals surface area contributed by atoms with Crippen molar-refractivity contribution in [1.82, 2.24) is 8.61 Å². The maximum atomic E-state index is 12.7. The van der Waals surface area contributed by atoms with Gasteiger partial charge in [-0.2, -0.15) is 4.31 Å². The average molecular weight is 346 g/mol. The molecule has 1 aliphatic heterocycles. The van der Waals surface area contributed by atoms with Crippen LogP contribution in [0.2, 0.25) is 0 Å². The van der Waals surface area contributed by atoms with E-state index in [0.29, 0.717) is 6.54 Å². The Balaban J connectivity index is 2.34. The molecule has 0 radical (unpaired) electrons. The molecule has 0 N–H and O–H groups in total. The molecule has 1 fully saturated rings. The van der Waals surface area contributed by atoms with Crippen molar-refractivity contribution in [3.63, 3.8) is 0 Å². The highest BCUT2D eigenvalue weighted by Crippen LogP contribution is 2.26. The average Bonchev–Trinajstić information content (AvgIpc) is 2.47. The minimum atomic E-state index is -3.57. The van der Waals surface area contributed by atoms with Crippen molar-refractivity contribution in [3.05, 3.63) is 24.3 Å². The van der Waals surface area contributed by atoms with Crippen LogP contribution in [-0.2, 0) is 20.0 Å². The van der Waals surface area contributed by atoms with Gasteiger partial charge < -0.3 is 0 Å². The minimum Gasteiger partial charge on any atom is -0.207 e. The molecule has 6 nitrogen and oxygen atoms in total. The third-order valence-corrected chi connectivity index (χ3v) is 7.81. The highest BCUT2D eigenvalue weighted by molar-refractivity contribution is 7.89. The van der Waals surface area contributed by atoms with E-state index < -0.39 is 20.0 Å². The normalized spacial score (nSPS) is 21.2. The molecule has 0 aromatic heterocycles. The van der Waals surface area contributed by atoms with E-state index in [2.05, 4.69) is 0 Å². The fraction of sp³-hybridized carbons (Fsp3) is 0.571. The molecule has 8 heteroatoms. The maximum absolute atomic E-state index is 12.7. The number of benzene rings is 1. The molecule has 124 valence electrons. The van der Waals surface area contributed by atoms with Crippen LogP contribution in [-0.4, -0.2) is 52.1 Å². The van der Waals surface area contributed by atoms with Gasteiger partial charge in [0.15, 0.2) is 0 Å². The molecule has 0 unspecified atom stereocenters. The quantitative estimate of drug-likeness (QED) is 0.828. The zero-order valence-corrected chi connectivity index (χ0v) is 14.7. The van der Waals surface area contributed by atoms with E-state index in [9.17, 15) is 16.8 Å². The number of nitrogens with zero attached hydrogens (tertiary/aromatic N) is 2. The van der Waals surface area contributed by atoms with Crippen LogP contribution < -0.4 is 0 Å². The van der Waals surface area contributed by atoms with Crippen molar-refractivity contribution in [3.8, 4) is 0 Å². The van der Waals surface area contributed by atoms with Crippen LogP contribution in [0.15, 0.2) is 34.1 Å². The van der Waals surface area contributed by atoms with Crippen LogP contribution in [0.25, 0.3) is 0 Å². The van der Waals surface area contributed by atoms with Gasteiger partial charge in [-0.1, -0.05) is 6.42 Å². The molecule has 1 atom stereocenters. The van der Waals surface area contributed by atoms with Crippen molar-refractivity contribution in [2.45, 2.75) is 42.0 Å². The van der Waals surface area contributed by atoms with Crippen LogP contribution >= 0.6 is 0 Å². The zero-order valence-electron chi connectivity index (χ0n) is 13.1. The van der Waals surface area contributed by atoms with E-state index in [1.54, 1.807) is 0 Å². The lowest BCUT2D eigenvalue weighted by atomic mass is 10.1. The zero-order chi connectivity index (χ0) is 16.5. The van der Waals surface area contributed by atoms with Gasteiger partial charge in [0.1, 0.15) is 0 Å². The lowest BCUT2D eigenvalue weighted by Gasteiger charge is -2.32. The minimum absolute atomic E-state index is 0.0241. The summed E-state index contributed by atoms with van der Waals surface area (Å²) < 4.78 is 51.9. The highest BCUT2D eigenvalue weighted by atomic mass is 32.2. The molecule has 1 saturated heterocycles. The second-order valence-corrected chi connectivity index (χ2v) is 9.76. The second-order valence-electron chi connectivity index (χ2n) is 5.72. The lowest BCUT2D eigenvalue weighted by molar-refractivity contribution is 0.268. The summed E-state index contributed by atoms with van der Waals surface area (Å²) in [6.07, 6.45) is 2.75. The third kappa shape index (κ3) is 3.19. The summed E-state index contributed by atoms with van der Waals surface area (Å²) in [5, 5.41) is 0. The Morgan fingerprint density at radius 3 is 2.05 bits per heavy atom. The number of piperidine rings is 1. The fourth-order valence-electron chi connectivity index (χ4n) is 2.56. The Labute approximate surface area is 132 Å². The maximum Gasteiger partial charge on any atom is 0.243 e. The Morgan fingerprint density at radius 2 is 1.55 bits per heavy atom. The van der Waals surface area contributed by atoms with Gasteiger partial charge >= 0.3 is 0 Å². The molecule has 1 aliphatic rings. The summed E-state index contributed by atoms with van der Waals surface area (Å²) in [6.45, 7) is 2.42. The Morgan fingerprint density at radius 1 is 1.00 bits per heavy atom. The molecule has 0 saturated carbocycles. The van der Waals surface area contributed by atoms with Crippen molar-refractivity contribution >= 4 is 20.0 Å². The van der Waals surface area contributed by atoms with E-state index >= 15 is 0 Å². The van der Waals surface area contributed by atoms with Crippen molar-refractivity contribution in [1.29, 1.82) is 0 Å². The van der Waals surface area contributed by atoms with Gasteiger partial charge in [-0.3, -0.25) is 0 Å². The number of rotatable bonds is 4. The molecule has 1 heterocycles. The molecule has 22 heavy (non-hydrogen) atoms. The largest absolute Gasteiger partial charge is 0.243 e. The monoisotopic (exact) mass is 346 g/mol. The summed E-state index contributed by atoms with van der Waals surface area (Å²) in [5.74, 6) is 0. The predicted octanol–water partition coefficient (Wildman–Crippen LogP) is 1.50.